The lowest BCUT2D eigenvalue weighted by Crippen LogP contribution is -2.37. The van der Waals surface area contributed by atoms with Gasteiger partial charge in [-0.05, 0) is 42.9 Å². The molecule has 3 aromatic rings. The number of amides is 1. The molecule has 0 atom stereocenters. The molecule has 0 spiro atoms. The third kappa shape index (κ3) is 3.46. The molecule has 0 fully saturated rings. The first-order valence-corrected chi connectivity index (χ1v) is 11.5. The molecule has 1 amide bonds. The van der Waals surface area contributed by atoms with Gasteiger partial charge >= 0.3 is 0 Å². The van der Waals surface area contributed by atoms with E-state index < -0.39 is 0 Å². The van der Waals surface area contributed by atoms with Crippen LogP contribution in [-0.2, 0) is 25.9 Å². The lowest BCUT2D eigenvalue weighted by Gasteiger charge is -2.28. The zero-order valence-corrected chi connectivity index (χ0v) is 18.1. The van der Waals surface area contributed by atoms with Gasteiger partial charge in [-0.3, -0.25) is 19.1 Å². The van der Waals surface area contributed by atoms with Gasteiger partial charge in [0.15, 0.2) is 0 Å². The number of fused-ring (bicyclic) bond motifs is 3. The molecular formula is C23H26N4O2S. The highest BCUT2D eigenvalue weighted by molar-refractivity contribution is 7.20. The van der Waals surface area contributed by atoms with Gasteiger partial charge in [-0.15, -0.1) is 11.3 Å². The number of nitrogens with zero attached hydrogens (tertiary/aromatic N) is 3. The van der Waals surface area contributed by atoms with Gasteiger partial charge in [0.1, 0.15) is 10.7 Å². The molecular weight excluding hydrogens is 396 g/mol. The Hall–Kier alpha value is -2.51. The van der Waals surface area contributed by atoms with Crippen LogP contribution in [0.4, 0.5) is 0 Å². The summed E-state index contributed by atoms with van der Waals surface area (Å²) in [5.74, 6) is 0.757. The fourth-order valence-corrected chi connectivity index (χ4v) is 5.71. The van der Waals surface area contributed by atoms with Crippen molar-refractivity contribution in [2.45, 2.75) is 45.7 Å². The maximum absolute atomic E-state index is 12.9. The second-order valence-corrected chi connectivity index (χ2v) is 9.23. The number of carbonyl (C=O) groups excluding carboxylic acids is 1. The van der Waals surface area contributed by atoms with Gasteiger partial charge in [-0.2, -0.15) is 0 Å². The highest BCUT2D eigenvalue weighted by Gasteiger charge is 2.23. The maximum Gasteiger partial charge on any atom is 0.262 e. The second kappa shape index (κ2) is 7.96. The lowest BCUT2D eigenvalue weighted by molar-refractivity contribution is 0.0951. The molecule has 0 bridgehead atoms. The summed E-state index contributed by atoms with van der Waals surface area (Å²) in [4.78, 5) is 34.2. The fourth-order valence-electron chi connectivity index (χ4n) is 4.60. The Morgan fingerprint density at radius 3 is 2.87 bits per heavy atom. The predicted molar refractivity (Wildman–Crippen MR) is 119 cm³/mol. The van der Waals surface area contributed by atoms with Crippen LogP contribution >= 0.6 is 11.3 Å². The number of carbonyl (C=O) groups is 1. The van der Waals surface area contributed by atoms with Crippen LogP contribution in [0.2, 0.25) is 0 Å². The molecule has 5 rings (SSSR count). The molecule has 0 radical (unpaired) electrons. The molecule has 1 N–H and O–H groups in total. The summed E-state index contributed by atoms with van der Waals surface area (Å²) in [5, 5.41) is 3.67. The number of aromatic nitrogens is 2. The molecule has 4 heterocycles. The van der Waals surface area contributed by atoms with Crippen LogP contribution in [0.25, 0.3) is 10.2 Å². The van der Waals surface area contributed by atoms with Gasteiger partial charge in [0, 0.05) is 39.1 Å². The summed E-state index contributed by atoms with van der Waals surface area (Å²) in [6.45, 7) is 5.96. The third-order valence-corrected chi connectivity index (χ3v) is 7.48. The van der Waals surface area contributed by atoms with E-state index >= 15 is 0 Å². The number of aryl methyl sites for hydroxylation is 2. The molecule has 0 saturated heterocycles. The Morgan fingerprint density at radius 1 is 1.17 bits per heavy atom. The number of benzene rings is 1. The van der Waals surface area contributed by atoms with E-state index in [2.05, 4.69) is 34.5 Å². The Balaban J connectivity index is 1.28. The van der Waals surface area contributed by atoms with E-state index in [9.17, 15) is 9.59 Å². The zero-order chi connectivity index (χ0) is 20.7. The van der Waals surface area contributed by atoms with Gasteiger partial charge in [0.05, 0.1) is 10.3 Å². The van der Waals surface area contributed by atoms with Crippen LogP contribution < -0.4 is 10.9 Å². The van der Waals surface area contributed by atoms with Crippen LogP contribution in [0.5, 0.6) is 0 Å². The van der Waals surface area contributed by atoms with Crippen molar-refractivity contribution in [3.8, 4) is 0 Å². The van der Waals surface area contributed by atoms with Crippen molar-refractivity contribution < 1.29 is 4.79 Å². The number of nitrogens with one attached hydrogen (secondary N) is 1. The second-order valence-electron chi connectivity index (χ2n) is 8.23. The normalized spacial score (nSPS) is 16.3. The minimum Gasteiger partial charge on any atom is -0.350 e. The van der Waals surface area contributed by atoms with Gasteiger partial charge in [0.25, 0.3) is 11.5 Å². The van der Waals surface area contributed by atoms with Gasteiger partial charge in [0.2, 0.25) is 0 Å². The first-order valence-electron chi connectivity index (χ1n) is 10.7. The van der Waals surface area contributed by atoms with Crippen LogP contribution in [0, 0.1) is 6.92 Å². The van der Waals surface area contributed by atoms with Crippen molar-refractivity contribution >= 4 is 27.5 Å². The molecule has 2 aliphatic rings. The van der Waals surface area contributed by atoms with E-state index in [-0.39, 0.29) is 11.5 Å². The van der Waals surface area contributed by atoms with Crippen molar-refractivity contribution in [2.24, 2.45) is 0 Å². The van der Waals surface area contributed by atoms with E-state index in [0.717, 1.165) is 63.3 Å². The first kappa shape index (κ1) is 19.5. The molecule has 2 aromatic heterocycles. The fraction of sp³-hybridized carbons (Fsp3) is 0.435. The van der Waals surface area contributed by atoms with Crippen molar-refractivity contribution in [1.82, 2.24) is 19.8 Å². The maximum atomic E-state index is 12.9. The summed E-state index contributed by atoms with van der Waals surface area (Å²) in [6.07, 6.45) is 3.97. The van der Waals surface area contributed by atoms with E-state index in [1.807, 2.05) is 6.92 Å². The van der Waals surface area contributed by atoms with E-state index in [4.69, 9.17) is 4.98 Å². The molecule has 2 aliphatic heterocycles. The molecule has 7 heteroatoms. The van der Waals surface area contributed by atoms with E-state index in [1.54, 1.807) is 4.57 Å². The highest BCUT2D eigenvalue weighted by Crippen LogP contribution is 2.28. The van der Waals surface area contributed by atoms with Gasteiger partial charge in [-0.25, -0.2) is 4.98 Å². The average molecular weight is 423 g/mol. The molecule has 156 valence electrons. The number of thiophene rings is 1. The monoisotopic (exact) mass is 422 g/mol. The zero-order valence-electron chi connectivity index (χ0n) is 17.2. The number of rotatable bonds is 4. The van der Waals surface area contributed by atoms with Crippen LogP contribution in [0.15, 0.2) is 29.1 Å². The minimum absolute atomic E-state index is 0.00878. The average Bonchev–Trinajstić information content (AvgIpc) is 3.10. The highest BCUT2D eigenvalue weighted by atomic mass is 32.1. The van der Waals surface area contributed by atoms with E-state index in [0.29, 0.717) is 21.6 Å². The van der Waals surface area contributed by atoms with Gasteiger partial charge < -0.3 is 5.32 Å². The first-order chi connectivity index (χ1) is 14.6. The van der Waals surface area contributed by atoms with Crippen molar-refractivity contribution in [3.63, 3.8) is 0 Å². The molecule has 0 aliphatic carbocycles. The summed E-state index contributed by atoms with van der Waals surface area (Å²) in [7, 11) is 0. The number of hydrogen-bond acceptors (Lipinski definition) is 5. The minimum atomic E-state index is -0.102. The Bertz CT molecular complexity index is 1180. The molecule has 0 unspecified atom stereocenters. The third-order valence-electron chi connectivity index (χ3n) is 6.29. The molecule has 0 saturated carbocycles. The summed E-state index contributed by atoms with van der Waals surface area (Å²) < 4.78 is 1.79. The summed E-state index contributed by atoms with van der Waals surface area (Å²) >= 11 is 1.35. The van der Waals surface area contributed by atoms with Crippen molar-refractivity contribution in [3.05, 3.63) is 62.0 Å². The van der Waals surface area contributed by atoms with E-state index in [1.165, 1.54) is 22.5 Å². The Morgan fingerprint density at radius 2 is 2.00 bits per heavy atom. The molecule has 1 aromatic carbocycles. The lowest BCUT2D eigenvalue weighted by atomic mass is 10.00. The van der Waals surface area contributed by atoms with Crippen LogP contribution in [-0.4, -0.2) is 40.0 Å². The predicted octanol–water partition coefficient (Wildman–Crippen LogP) is 2.89. The quantitative estimate of drug-likeness (QED) is 0.702. The molecule has 30 heavy (non-hydrogen) atoms. The summed E-state index contributed by atoms with van der Waals surface area (Å²) in [5.41, 5.74) is 3.58. The van der Waals surface area contributed by atoms with Crippen molar-refractivity contribution in [2.75, 3.05) is 19.6 Å². The van der Waals surface area contributed by atoms with Crippen molar-refractivity contribution in [1.29, 1.82) is 0 Å². The van der Waals surface area contributed by atoms with Gasteiger partial charge in [-0.1, -0.05) is 24.3 Å². The largest absolute Gasteiger partial charge is 0.350 e. The SMILES string of the molecule is Cc1c(C(=O)NCCN2CCc3ccccc3C2)sc2nc3n(c(=O)c12)CCCC3. The Kier molecular flexibility index (Phi) is 5.16. The Labute approximate surface area is 179 Å². The smallest absolute Gasteiger partial charge is 0.262 e. The number of hydrogen-bond donors (Lipinski definition) is 1. The van der Waals surface area contributed by atoms with Crippen LogP contribution in [0.3, 0.4) is 0 Å². The van der Waals surface area contributed by atoms with Crippen LogP contribution in [0.1, 0.15) is 45.0 Å². The standard InChI is InChI=1S/C23H26N4O2S/c1-15-19-22(25-18-8-4-5-11-27(18)23(19)29)30-20(15)21(28)24-10-13-26-12-9-16-6-2-3-7-17(16)14-26/h2-3,6-7H,4-5,8-14H2,1H3,(H,24,28). The topological polar surface area (TPSA) is 67.2 Å². The molecule has 6 nitrogen and oxygen atoms in total. The summed E-state index contributed by atoms with van der Waals surface area (Å²) in [6, 6.07) is 8.57.